The molecule has 2 rings (SSSR count). The molecule has 1 aromatic carbocycles. The van der Waals surface area contributed by atoms with Gasteiger partial charge in [0, 0.05) is 16.3 Å². The van der Waals surface area contributed by atoms with E-state index in [1.165, 1.54) is 0 Å². The SMILES string of the molecule is CCC(C)(C)COc1ccc(Sc2nc(C)cc(C)n2)cc1. The monoisotopic (exact) mass is 316 g/mol. The van der Waals surface area contributed by atoms with Crippen LogP contribution in [0.5, 0.6) is 5.75 Å². The molecule has 0 atom stereocenters. The zero-order valence-electron chi connectivity index (χ0n) is 14.0. The van der Waals surface area contributed by atoms with Crippen LogP contribution in [-0.2, 0) is 0 Å². The molecule has 0 bridgehead atoms. The Morgan fingerprint density at radius 3 is 2.18 bits per heavy atom. The van der Waals surface area contributed by atoms with E-state index in [-0.39, 0.29) is 5.41 Å². The second-order valence-electron chi connectivity index (χ2n) is 6.31. The Labute approximate surface area is 137 Å². The van der Waals surface area contributed by atoms with Crippen molar-refractivity contribution in [1.29, 1.82) is 0 Å². The molecule has 3 nitrogen and oxygen atoms in total. The average Bonchev–Trinajstić information content (AvgIpc) is 2.45. The van der Waals surface area contributed by atoms with E-state index in [9.17, 15) is 0 Å². The highest BCUT2D eigenvalue weighted by atomic mass is 32.2. The number of rotatable bonds is 6. The van der Waals surface area contributed by atoms with Gasteiger partial charge in [-0.25, -0.2) is 9.97 Å². The Hall–Kier alpha value is -1.55. The molecule has 118 valence electrons. The smallest absolute Gasteiger partial charge is 0.192 e. The molecule has 0 saturated heterocycles. The fourth-order valence-corrected chi connectivity index (χ4v) is 2.69. The molecule has 0 spiro atoms. The van der Waals surface area contributed by atoms with E-state index in [1.54, 1.807) is 11.8 Å². The summed E-state index contributed by atoms with van der Waals surface area (Å²) in [7, 11) is 0. The zero-order valence-corrected chi connectivity index (χ0v) is 14.8. The summed E-state index contributed by atoms with van der Waals surface area (Å²) in [5, 5.41) is 0.790. The van der Waals surface area contributed by atoms with Crippen LogP contribution in [0, 0.1) is 19.3 Å². The third kappa shape index (κ3) is 5.02. The van der Waals surface area contributed by atoms with Gasteiger partial charge >= 0.3 is 0 Å². The number of aromatic nitrogens is 2. The summed E-state index contributed by atoms with van der Waals surface area (Å²) < 4.78 is 5.86. The Morgan fingerprint density at radius 2 is 1.64 bits per heavy atom. The van der Waals surface area contributed by atoms with Crippen LogP contribution in [0.3, 0.4) is 0 Å². The summed E-state index contributed by atoms with van der Waals surface area (Å²) in [4.78, 5) is 10.0. The maximum absolute atomic E-state index is 5.86. The molecule has 0 saturated carbocycles. The maximum Gasteiger partial charge on any atom is 0.192 e. The highest BCUT2D eigenvalue weighted by Gasteiger charge is 2.15. The van der Waals surface area contributed by atoms with Gasteiger partial charge in [-0.1, -0.05) is 20.8 Å². The predicted octanol–water partition coefficient (Wildman–Crippen LogP) is 5.06. The molecule has 0 radical (unpaired) electrons. The molecule has 0 aliphatic heterocycles. The van der Waals surface area contributed by atoms with Crippen LogP contribution in [0.25, 0.3) is 0 Å². The lowest BCUT2D eigenvalue weighted by Gasteiger charge is -2.22. The van der Waals surface area contributed by atoms with Gasteiger partial charge in [0.15, 0.2) is 5.16 Å². The fraction of sp³-hybridized carbons (Fsp3) is 0.444. The minimum Gasteiger partial charge on any atom is -0.493 e. The summed E-state index contributed by atoms with van der Waals surface area (Å²) in [6.45, 7) is 11.3. The van der Waals surface area contributed by atoms with Gasteiger partial charge in [-0.05, 0) is 67.8 Å². The molecule has 2 aromatic rings. The Kier molecular flexibility index (Phi) is 5.46. The Bertz CT molecular complexity index is 603. The number of ether oxygens (including phenoxy) is 1. The molecule has 0 N–H and O–H groups in total. The van der Waals surface area contributed by atoms with Gasteiger partial charge < -0.3 is 4.74 Å². The summed E-state index contributed by atoms with van der Waals surface area (Å²) in [5.41, 5.74) is 2.20. The number of aryl methyl sites for hydroxylation is 2. The van der Waals surface area contributed by atoms with Crippen molar-refractivity contribution < 1.29 is 4.74 Å². The third-order valence-corrected chi connectivity index (χ3v) is 4.45. The second kappa shape index (κ2) is 7.14. The van der Waals surface area contributed by atoms with Gasteiger partial charge in [0.05, 0.1) is 6.61 Å². The molecule has 22 heavy (non-hydrogen) atoms. The van der Waals surface area contributed by atoms with E-state index >= 15 is 0 Å². The van der Waals surface area contributed by atoms with Gasteiger partial charge in [-0.3, -0.25) is 0 Å². The van der Waals surface area contributed by atoms with E-state index in [1.807, 2.05) is 32.0 Å². The first-order valence-corrected chi connectivity index (χ1v) is 8.42. The molecule has 0 aliphatic rings. The quantitative estimate of drug-likeness (QED) is 0.698. The van der Waals surface area contributed by atoms with Crippen molar-refractivity contribution in [3.8, 4) is 5.75 Å². The lowest BCUT2D eigenvalue weighted by molar-refractivity contribution is 0.175. The predicted molar refractivity (Wildman–Crippen MR) is 91.6 cm³/mol. The fourth-order valence-electron chi connectivity index (χ4n) is 1.83. The van der Waals surface area contributed by atoms with Crippen molar-refractivity contribution in [2.75, 3.05) is 6.61 Å². The minimum atomic E-state index is 0.209. The lowest BCUT2D eigenvalue weighted by Crippen LogP contribution is -2.20. The van der Waals surface area contributed by atoms with Crippen molar-refractivity contribution in [3.05, 3.63) is 41.7 Å². The van der Waals surface area contributed by atoms with Crippen LogP contribution in [0.4, 0.5) is 0 Å². The van der Waals surface area contributed by atoms with Crippen LogP contribution < -0.4 is 4.74 Å². The van der Waals surface area contributed by atoms with Crippen LogP contribution >= 0.6 is 11.8 Å². The second-order valence-corrected chi connectivity index (χ2v) is 7.35. The highest BCUT2D eigenvalue weighted by molar-refractivity contribution is 7.99. The molecule has 0 unspecified atom stereocenters. The van der Waals surface area contributed by atoms with Crippen molar-refractivity contribution in [3.63, 3.8) is 0 Å². The summed E-state index contributed by atoms with van der Waals surface area (Å²) in [5.74, 6) is 0.909. The van der Waals surface area contributed by atoms with Gasteiger partial charge in [-0.15, -0.1) is 0 Å². The normalized spacial score (nSPS) is 11.5. The average molecular weight is 316 g/mol. The largest absolute Gasteiger partial charge is 0.493 e. The van der Waals surface area contributed by atoms with Gasteiger partial charge in [0.25, 0.3) is 0 Å². The number of benzene rings is 1. The highest BCUT2D eigenvalue weighted by Crippen LogP contribution is 2.28. The van der Waals surface area contributed by atoms with E-state index in [2.05, 4.69) is 42.9 Å². The van der Waals surface area contributed by atoms with Gasteiger partial charge in [-0.2, -0.15) is 0 Å². The molecule has 4 heteroatoms. The summed E-state index contributed by atoms with van der Waals surface area (Å²) in [6, 6.07) is 10.1. The van der Waals surface area contributed by atoms with Crippen LogP contribution in [0.15, 0.2) is 40.4 Å². The van der Waals surface area contributed by atoms with Crippen molar-refractivity contribution in [1.82, 2.24) is 9.97 Å². The lowest BCUT2D eigenvalue weighted by atomic mass is 9.92. The Balaban J connectivity index is 2.00. The van der Waals surface area contributed by atoms with E-state index in [0.29, 0.717) is 0 Å². The summed E-state index contributed by atoms with van der Waals surface area (Å²) >= 11 is 1.57. The van der Waals surface area contributed by atoms with E-state index < -0.39 is 0 Å². The number of nitrogens with zero attached hydrogens (tertiary/aromatic N) is 2. The summed E-state index contributed by atoms with van der Waals surface area (Å²) in [6.07, 6.45) is 1.10. The number of hydrogen-bond acceptors (Lipinski definition) is 4. The first-order chi connectivity index (χ1) is 10.4. The molecular formula is C18H24N2OS. The molecular weight excluding hydrogens is 292 g/mol. The Morgan fingerprint density at radius 1 is 1.05 bits per heavy atom. The maximum atomic E-state index is 5.86. The van der Waals surface area contributed by atoms with Crippen LogP contribution in [-0.4, -0.2) is 16.6 Å². The van der Waals surface area contributed by atoms with Crippen molar-refractivity contribution >= 4 is 11.8 Å². The first kappa shape index (κ1) is 16.8. The standard InChI is InChI=1S/C18H24N2OS/c1-6-18(4,5)12-21-15-7-9-16(10-8-15)22-17-19-13(2)11-14(3)20-17/h7-11H,6,12H2,1-5H3. The van der Waals surface area contributed by atoms with Gasteiger partial charge in [0.1, 0.15) is 5.75 Å². The molecule has 1 aromatic heterocycles. The topological polar surface area (TPSA) is 35.0 Å². The molecule has 0 fully saturated rings. The van der Waals surface area contributed by atoms with Crippen molar-refractivity contribution in [2.45, 2.75) is 51.1 Å². The first-order valence-electron chi connectivity index (χ1n) is 7.61. The van der Waals surface area contributed by atoms with E-state index in [4.69, 9.17) is 4.74 Å². The zero-order chi connectivity index (χ0) is 16.2. The van der Waals surface area contributed by atoms with Crippen LogP contribution in [0.1, 0.15) is 38.6 Å². The molecule has 0 amide bonds. The van der Waals surface area contributed by atoms with Crippen LogP contribution in [0.2, 0.25) is 0 Å². The van der Waals surface area contributed by atoms with E-state index in [0.717, 1.165) is 40.2 Å². The van der Waals surface area contributed by atoms with Gasteiger partial charge in [0.2, 0.25) is 0 Å². The molecule has 1 heterocycles. The number of hydrogen-bond donors (Lipinski definition) is 0. The third-order valence-electron chi connectivity index (χ3n) is 3.58. The minimum absolute atomic E-state index is 0.209. The molecule has 0 aliphatic carbocycles. The van der Waals surface area contributed by atoms with Crippen molar-refractivity contribution in [2.24, 2.45) is 5.41 Å².